The van der Waals surface area contributed by atoms with E-state index in [1.165, 1.54) is 5.56 Å². The second-order valence-corrected chi connectivity index (χ2v) is 5.11. The highest BCUT2D eigenvalue weighted by Gasteiger charge is 2.06. The summed E-state index contributed by atoms with van der Waals surface area (Å²) in [6.07, 6.45) is 1.68. The van der Waals surface area contributed by atoms with Crippen molar-refractivity contribution in [1.82, 2.24) is 4.98 Å². The van der Waals surface area contributed by atoms with Gasteiger partial charge in [0.05, 0.1) is 0 Å². The average Bonchev–Trinajstić information content (AvgIpc) is 2.95. The van der Waals surface area contributed by atoms with Crippen LogP contribution in [0.1, 0.15) is 24.4 Å². The van der Waals surface area contributed by atoms with Crippen molar-refractivity contribution in [3.63, 3.8) is 0 Å². The van der Waals surface area contributed by atoms with Crippen LogP contribution in [-0.2, 0) is 0 Å². The van der Waals surface area contributed by atoms with Gasteiger partial charge < -0.3 is 9.73 Å². The molecule has 0 saturated heterocycles. The molecule has 1 unspecified atom stereocenters. The molecular weight excluding hydrogens is 260 g/mol. The van der Waals surface area contributed by atoms with Gasteiger partial charge in [0.1, 0.15) is 12.0 Å². The number of aromatic nitrogens is 1. The molecule has 106 valence electrons. The summed E-state index contributed by atoms with van der Waals surface area (Å²) < 4.78 is 5.24. The maximum absolute atomic E-state index is 5.24. The van der Waals surface area contributed by atoms with Crippen LogP contribution in [0, 0.1) is 6.92 Å². The van der Waals surface area contributed by atoms with E-state index in [1.807, 2.05) is 13.0 Å². The molecule has 0 radical (unpaired) electrons. The van der Waals surface area contributed by atoms with Crippen LogP contribution in [-0.4, -0.2) is 4.98 Å². The number of hydrogen-bond acceptors (Lipinski definition) is 3. The fourth-order valence-electron chi connectivity index (χ4n) is 2.31. The van der Waals surface area contributed by atoms with Gasteiger partial charge in [0, 0.05) is 24.2 Å². The summed E-state index contributed by atoms with van der Waals surface area (Å²) in [5, 5.41) is 3.50. The van der Waals surface area contributed by atoms with Crippen LogP contribution in [0.25, 0.3) is 11.3 Å². The van der Waals surface area contributed by atoms with Crippen molar-refractivity contribution >= 4 is 5.69 Å². The van der Waals surface area contributed by atoms with E-state index in [1.54, 1.807) is 6.26 Å². The van der Waals surface area contributed by atoms with Crippen LogP contribution in [0.5, 0.6) is 0 Å². The van der Waals surface area contributed by atoms with E-state index in [0.29, 0.717) is 5.89 Å². The Bertz CT molecular complexity index is 702. The van der Waals surface area contributed by atoms with Gasteiger partial charge in [-0.2, -0.15) is 0 Å². The number of benzene rings is 2. The van der Waals surface area contributed by atoms with E-state index >= 15 is 0 Å². The molecule has 0 saturated carbocycles. The number of rotatable bonds is 4. The van der Waals surface area contributed by atoms with Crippen molar-refractivity contribution in [2.75, 3.05) is 5.32 Å². The number of hydrogen-bond donors (Lipinski definition) is 1. The second-order valence-electron chi connectivity index (χ2n) is 5.11. The molecule has 0 aliphatic rings. The molecule has 1 heterocycles. The first-order chi connectivity index (χ1) is 10.2. The van der Waals surface area contributed by atoms with Gasteiger partial charge in [0.2, 0.25) is 0 Å². The Kier molecular flexibility index (Phi) is 3.73. The first-order valence-corrected chi connectivity index (χ1v) is 7.06. The van der Waals surface area contributed by atoms with Gasteiger partial charge in [-0.25, -0.2) is 4.98 Å². The normalized spacial score (nSPS) is 12.1. The number of aryl methyl sites for hydroxylation is 1. The van der Waals surface area contributed by atoms with Crippen LogP contribution in [0.2, 0.25) is 0 Å². The first kappa shape index (κ1) is 13.4. The van der Waals surface area contributed by atoms with Crippen LogP contribution >= 0.6 is 0 Å². The molecule has 3 aromatic rings. The van der Waals surface area contributed by atoms with Crippen molar-refractivity contribution < 1.29 is 4.42 Å². The highest BCUT2D eigenvalue weighted by molar-refractivity contribution is 5.62. The number of nitrogens with one attached hydrogen (secondary N) is 1. The molecule has 0 amide bonds. The molecule has 0 bridgehead atoms. The minimum Gasteiger partial charge on any atom is -0.449 e. The predicted octanol–water partition coefficient (Wildman–Crippen LogP) is 4.82. The van der Waals surface area contributed by atoms with E-state index < -0.39 is 0 Å². The largest absolute Gasteiger partial charge is 0.449 e. The maximum atomic E-state index is 5.24. The molecule has 0 aliphatic carbocycles. The van der Waals surface area contributed by atoms with E-state index in [9.17, 15) is 0 Å². The second kappa shape index (κ2) is 5.83. The number of oxazole rings is 1. The predicted molar refractivity (Wildman–Crippen MR) is 85.2 cm³/mol. The third kappa shape index (κ3) is 3.14. The summed E-state index contributed by atoms with van der Waals surface area (Å²) in [5.41, 5.74) is 4.30. The van der Waals surface area contributed by atoms with Gasteiger partial charge in [0.25, 0.3) is 0 Å². The number of anilines is 1. The fraction of sp³-hybridized carbons (Fsp3) is 0.167. The SMILES string of the molecule is Cc1nc(-c2ccc(NC(C)c3ccccc3)cc2)co1. The van der Waals surface area contributed by atoms with Crippen molar-refractivity contribution in [2.24, 2.45) is 0 Å². The Balaban J connectivity index is 1.73. The van der Waals surface area contributed by atoms with Crippen molar-refractivity contribution in [3.8, 4) is 11.3 Å². The molecule has 0 spiro atoms. The third-order valence-corrected chi connectivity index (χ3v) is 3.48. The highest BCUT2D eigenvalue weighted by atomic mass is 16.3. The molecule has 0 aliphatic heterocycles. The lowest BCUT2D eigenvalue weighted by molar-refractivity contribution is 0.521. The lowest BCUT2D eigenvalue weighted by atomic mass is 10.1. The zero-order valence-corrected chi connectivity index (χ0v) is 12.2. The molecule has 1 N–H and O–H groups in total. The molecular formula is C18H18N2O. The van der Waals surface area contributed by atoms with Gasteiger partial charge in [-0.05, 0) is 24.6 Å². The Morgan fingerprint density at radius 3 is 2.33 bits per heavy atom. The maximum Gasteiger partial charge on any atom is 0.191 e. The van der Waals surface area contributed by atoms with Crippen LogP contribution in [0.4, 0.5) is 5.69 Å². The molecule has 3 rings (SSSR count). The number of nitrogens with zero attached hydrogens (tertiary/aromatic N) is 1. The molecule has 21 heavy (non-hydrogen) atoms. The van der Waals surface area contributed by atoms with Gasteiger partial charge in [-0.3, -0.25) is 0 Å². The lowest BCUT2D eigenvalue weighted by Gasteiger charge is -2.15. The zero-order valence-electron chi connectivity index (χ0n) is 12.2. The third-order valence-electron chi connectivity index (χ3n) is 3.48. The van der Waals surface area contributed by atoms with Crippen LogP contribution < -0.4 is 5.32 Å². The average molecular weight is 278 g/mol. The molecule has 1 atom stereocenters. The van der Waals surface area contributed by atoms with E-state index in [4.69, 9.17) is 4.42 Å². The van der Waals surface area contributed by atoms with E-state index in [2.05, 4.69) is 65.8 Å². The molecule has 3 nitrogen and oxygen atoms in total. The van der Waals surface area contributed by atoms with Crippen molar-refractivity contribution in [2.45, 2.75) is 19.9 Å². The molecule has 2 aromatic carbocycles. The van der Waals surface area contributed by atoms with Crippen LogP contribution in [0.3, 0.4) is 0 Å². The summed E-state index contributed by atoms with van der Waals surface area (Å²) in [6, 6.07) is 18.9. The lowest BCUT2D eigenvalue weighted by Crippen LogP contribution is -2.06. The van der Waals surface area contributed by atoms with E-state index in [0.717, 1.165) is 16.9 Å². The van der Waals surface area contributed by atoms with E-state index in [-0.39, 0.29) is 6.04 Å². The molecule has 1 aromatic heterocycles. The van der Waals surface area contributed by atoms with Gasteiger partial charge in [-0.15, -0.1) is 0 Å². The zero-order chi connectivity index (χ0) is 14.7. The minimum atomic E-state index is 0.270. The Hall–Kier alpha value is -2.55. The van der Waals surface area contributed by atoms with Gasteiger partial charge in [0.15, 0.2) is 5.89 Å². The van der Waals surface area contributed by atoms with Gasteiger partial charge >= 0.3 is 0 Å². The fourth-order valence-corrected chi connectivity index (χ4v) is 2.31. The summed E-state index contributed by atoms with van der Waals surface area (Å²) in [4.78, 5) is 4.33. The smallest absolute Gasteiger partial charge is 0.191 e. The Morgan fingerprint density at radius 2 is 1.71 bits per heavy atom. The first-order valence-electron chi connectivity index (χ1n) is 7.06. The summed E-state index contributed by atoms with van der Waals surface area (Å²) >= 11 is 0. The van der Waals surface area contributed by atoms with Crippen molar-refractivity contribution in [3.05, 3.63) is 72.3 Å². The summed E-state index contributed by atoms with van der Waals surface area (Å²) in [5.74, 6) is 0.685. The summed E-state index contributed by atoms with van der Waals surface area (Å²) in [7, 11) is 0. The topological polar surface area (TPSA) is 38.1 Å². The monoisotopic (exact) mass is 278 g/mol. The Morgan fingerprint density at radius 1 is 1.00 bits per heavy atom. The van der Waals surface area contributed by atoms with Crippen molar-refractivity contribution in [1.29, 1.82) is 0 Å². The minimum absolute atomic E-state index is 0.270. The highest BCUT2D eigenvalue weighted by Crippen LogP contribution is 2.23. The van der Waals surface area contributed by atoms with Crippen LogP contribution in [0.15, 0.2) is 65.3 Å². The standard InChI is InChI=1S/C18H18N2O/c1-13(15-6-4-3-5-7-15)19-17-10-8-16(9-11-17)18-12-21-14(2)20-18/h3-13,19H,1-2H3. The molecule has 3 heteroatoms. The van der Waals surface area contributed by atoms with Gasteiger partial charge in [-0.1, -0.05) is 42.5 Å². The summed E-state index contributed by atoms with van der Waals surface area (Å²) in [6.45, 7) is 4.01. The quantitative estimate of drug-likeness (QED) is 0.743. The molecule has 0 fully saturated rings. The Labute approximate surface area is 124 Å².